The first-order valence-corrected chi connectivity index (χ1v) is 8.95. The van der Waals surface area contributed by atoms with Crippen LogP contribution in [0.25, 0.3) is 22.3 Å². The Hall–Kier alpha value is -2.79. The number of fused-ring (bicyclic) bond motifs is 1. The van der Waals surface area contributed by atoms with E-state index in [2.05, 4.69) is 0 Å². The lowest BCUT2D eigenvalue weighted by Crippen LogP contribution is -2.28. The average Bonchev–Trinajstić information content (AvgIpc) is 2.64. The number of rotatable bonds is 5. The van der Waals surface area contributed by atoms with Gasteiger partial charge in [-0.25, -0.2) is 4.79 Å². The highest BCUT2D eigenvalue weighted by Gasteiger charge is 2.23. The fourth-order valence-electron chi connectivity index (χ4n) is 2.67. The SMILES string of the molecule is CCOC(=O)[C@@H](C)Oc1c(-c2ccc(Cl)cc2)oc2cc(C)ccc2c1=O. The maximum Gasteiger partial charge on any atom is 0.347 e. The zero-order valence-corrected chi connectivity index (χ0v) is 16.0. The minimum Gasteiger partial charge on any atom is -0.471 e. The third-order valence-electron chi connectivity index (χ3n) is 4.03. The van der Waals surface area contributed by atoms with Gasteiger partial charge in [0.2, 0.25) is 11.2 Å². The molecule has 0 saturated carbocycles. The Balaban J connectivity index is 2.19. The molecule has 0 N–H and O–H groups in total. The second-order valence-electron chi connectivity index (χ2n) is 6.11. The summed E-state index contributed by atoms with van der Waals surface area (Å²) in [4.78, 5) is 25.0. The van der Waals surface area contributed by atoms with Crippen LogP contribution < -0.4 is 10.2 Å². The molecule has 0 fully saturated rings. The Bertz CT molecular complexity index is 1040. The molecular weight excluding hydrogens is 368 g/mol. The van der Waals surface area contributed by atoms with E-state index in [9.17, 15) is 9.59 Å². The highest BCUT2D eigenvalue weighted by Crippen LogP contribution is 2.32. The van der Waals surface area contributed by atoms with Crippen LogP contribution in [0.5, 0.6) is 5.75 Å². The molecule has 140 valence electrons. The quantitative estimate of drug-likeness (QED) is 0.592. The van der Waals surface area contributed by atoms with Crippen molar-refractivity contribution >= 4 is 28.5 Å². The van der Waals surface area contributed by atoms with E-state index < -0.39 is 12.1 Å². The van der Waals surface area contributed by atoms with Crippen molar-refractivity contribution in [2.75, 3.05) is 6.61 Å². The fourth-order valence-corrected chi connectivity index (χ4v) is 2.79. The summed E-state index contributed by atoms with van der Waals surface area (Å²) in [7, 11) is 0. The second-order valence-corrected chi connectivity index (χ2v) is 6.54. The topological polar surface area (TPSA) is 65.7 Å². The number of ether oxygens (including phenoxy) is 2. The zero-order valence-electron chi connectivity index (χ0n) is 15.2. The molecule has 0 spiro atoms. The predicted molar refractivity (Wildman–Crippen MR) is 104 cm³/mol. The van der Waals surface area contributed by atoms with Gasteiger partial charge in [0, 0.05) is 10.6 Å². The number of esters is 1. The van der Waals surface area contributed by atoms with Crippen molar-refractivity contribution in [1.29, 1.82) is 0 Å². The smallest absolute Gasteiger partial charge is 0.347 e. The molecule has 0 bridgehead atoms. The standard InChI is InChI=1S/C21H19ClO5/c1-4-25-21(24)13(3)26-20-18(23)16-10-5-12(2)11-17(16)27-19(20)14-6-8-15(22)9-7-14/h5-11,13H,4H2,1-3H3/t13-/m1/s1. The van der Waals surface area contributed by atoms with Gasteiger partial charge in [0.25, 0.3) is 0 Å². The van der Waals surface area contributed by atoms with Gasteiger partial charge < -0.3 is 13.9 Å². The Kier molecular flexibility index (Phi) is 5.51. The van der Waals surface area contributed by atoms with Gasteiger partial charge in [-0.15, -0.1) is 0 Å². The van der Waals surface area contributed by atoms with E-state index in [4.69, 9.17) is 25.5 Å². The second kappa shape index (κ2) is 7.84. The van der Waals surface area contributed by atoms with E-state index in [1.54, 1.807) is 43.3 Å². The molecule has 2 aromatic carbocycles. The molecule has 6 heteroatoms. The average molecular weight is 387 g/mol. The van der Waals surface area contributed by atoms with Crippen LogP contribution in [0.3, 0.4) is 0 Å². The Morgan fingerprint density at radius 1 is 1.19 bits per heavy atom. The number of aryl methyl sites for hydroxylation is 1. The Morgan fingerprint density at radius 3 is 2.56 bits per heavy atom. The van der Waals surface area contributed by atoms with Gasteiger partial charge >= 0.3 is 5.97 Å². The number of carbonyl (C=O) groups excluding carboxylic acids is 1. The number of carbonyl (C=O) groups is 1. The first-order valence-electron chi connectivity index (χ1n) is 8.57. The Morgan fingerprint density at radius 2 is 1.89 bits per heavy atom. The lowest BCUT2D eigenvalue weighted by Gasteiger charge is -2.16. The van der Waals surface area contributed by atoms with Gasteiger partial charge in [0.15, 0.2) is 11.9 Å². The molecule has 1 aromatic heterocycles. The van der Waals surface area contributed by atoms with Gasteiger partial charge in [0.05, 0.1) is 12.0 Å². The maximum absolute atomic E-state index is 13.1. The first kappa shape index (κ1) is 19.0. The summed E-state index contributed by atoms with van der Waals surface area (Å²) in [6, 6.07) is 12.1. The summed E-state index contributed by atoms with van der Waals surface area (Å²) >= 11 is 5.96. The largest absolute Gasteiger partial charge is 0.471 e. The number of hydrogen-bond donors (Lipinski definition) is 0. The maximum atomic E-state index is 13.1. The molecule has 0 saturated heterocycles. The highest BCUT2D eigenvalue weighted by molar-refractivity contribution is 6.30. The summed E-state index contributed by atoms with van der Waals surface area (Å²) in [5.41, 5.74) is 1.67. The monoisotopic (exact) mass is 386 g/mol. The van der Waals surface area contributed by atoms with Crippen molar-refractivity contribution in [3.8, 4) is 17.1 Å². The van der Waals surface area contributed by atoms with Crippen molar-refractivity contribution in [1.82, 2.24) is 0 Å². The van der Waals surface area contributed by atoms with E-state index in [1.165, 1.54) is 6.92 Å². The molecule has 5 nitrogen and oxygen atoms in total. The molecule has 27 heavy (non-hydrogen) atoms. The molecule has 0 aliphatic carbocycles. The molecule has 0 amide bonds. The van der Waals surface area contributed by atoms with Gasteiger partial charge in [-0.2, -0.15) is 0 Å². The molecule has 0 aliphatic heterocycles. The van der Waals surface area contributed by atoms with Crippen LogP contribution in [0.1, 0.15) is 19.4 Å². The summed E-state index contributed by atoms with van der Waals surface area (Å²) < 4.78 is 16.7. The molecule has 1 atom stereocenters. The van der Waals surface area contributed by atoms with Crippen molar-refractivity contribution in [2.45, 2.75) is 26.9 Å². The Labute approximate surface area is 161 Å². The summed E-state index contributed by atoms with van der Waals surface area (Å²) in [6.45, 7) is 5.37. The summed E-state index contributed by atoms with van der Waals surface area (Å²) in [6.07, 6.45) is -0.957. The molecule has 0 radical (unpaired) electrons. The van der Waals surface area contributed by atoms with Crippen molar-refractivity contribution in [2.24, 2.45) is 0 Å². The third-order valence-corrected chi connectivity index (χ3v) is 4.28. The normalized spacial score (nSPS) is 12.0. The van der Waals surface area contributed by atoms with Gasteiger partial charge in [-0.05, 0) is 62.7 Å². The molecule has 1 heterocycles. The molecule has 3 rings (SSSR count). The van der Waals surface area contributed by atoms with Crippen LogP contribution in [0.15, 0.2) is 51.7 Å². The molecular formula is C21H19ClO5. The van der Waals surface area contributed by atoms with Gasteiger partial charge in [-0.1, -0.05) is 17.7 Å². The minimum atomic E-state index is -0.957. The van der Waals surface area contributed by atoms with E-state index in [0.717, 1.165) is 5.56 Å². The highest BCUT2D eigenvalue weighted by atomic mass is 35.5. The molecule has 0 aliphatic rings. The predicted octanol–water partition coefficient (Wildman–Crippen LogP) is 4.75. The number of benzene rings is 2. The van der Waals surface area contributed by atoms with Gasteiger partial charge in [-0.3, -0.25) is 4.79 Å². The minimum absolute atomic E-state index is 0.0331. The van der Waals surface area contributed by atoms with Gasteiger partial charge in [0.1, 0.15) is 5.58 Å². The lowest BCUT2D eigenvalue weighted by atomic mass is 10.1. The van der Waals surface area contributed by atoms with E-state index >= 15 is 0 Å². The van der Waals surface area contributed by atoms with Crippen LogP contribution in [0, 0.1) is 6.92 Å². The van der Waals surface area contributed by atoms with Crippen molar-refractivity contribution in [3.63, 3.8) is 0 Å². The van der Waals surface area contributed by atoms with Crippen molar-refractivity contribution in [3.05, 3.63) is 63.3 Å². The third kappa shape index (κ3) is 3.98. The van der Waals surface area contributed by atoms with Crippen molar-refractivity contribution < 1.29 is 18.7 Å². The van der Waals surface area contributed by atoms with E-state index in [1.807, 2.05) is 13.0 Å². The number of hydrogen-bond acceptors (Lipinski definition) is 5. The van der Waals surface area contributed by atoms with Crippen LogP contribution in [-0.4, -0.2) is 18.7 Å². The van der Waals surface area contributed by atoms with Crippen LogP contribution in [0.2, 0.25) is 5.02 Å². The summed E-state index contributed by atoms with van der Waals surface area (Å²) in [5.74, 6) is -0.344. The van der Waals surface area contributed by atoms with E-state index in [-0.39, 0.29) is 23.5 Å². The first-order chi connectivity index (χ1) is 12.9. The van der Waals surface area contributed by atoms with Crippen LogP contribution in [0.4, 0.5) is 0 Å². The number of halogens is 1. The van der Waals surface area contributed by atoms with E-state index in [0.29, 0.717) is 21.6 Å². The summed E-state index contributed by atoms with van der Waals surface area (Å²) in [5, 5.41) is 0.935. The molecule has 0 unspecified atom stereocenters. The molecule has 3 aromatic rings. The fraction of sp³-hybridized carbons (Fsp3) is 0.238. The van der Waals surface area contributed by atoms with Crippen LogP contribution in [-0.2, 0) is 9.53 Å². The van der Waals surface area contributed by atoms with Crippen LogP contribution >= 0.6 is 11.6 Å². The lowest BCUT2D eigenvalue weighted by molar-refractivity contribution is -0.150. The zero-order chi connectivity index (χ0) is 19.6.